The lowest BCUT2D eigenvalue weighted by Gasteiger charge is -2.30. The highest BCUT2D eigenvalue weighted by Crippen LogP contribution is 2.42. The molecule has 1 unspecified atom stereocenters. The van der Waals surface area contributed by atoms with Crippen molar-refractivity contribution in [2.45, 2.75) is 25.1 Å². The maximum Gasteiger partial charge on any atom is 0.421 e. The zero-order chi connectivity index (χ0) is 13.3. The van der Waals surface area contributed by atoms with Crippen LogP contribution in [0.25, 0.3) is 0 Å². The monoisotopic (exact) mass is 312 g/mol. The molecule has 0 aliphatic rings. The summed E-state index contributed by atoms with van der Waals surface area (Å²) in [5.41, 5.74) is -2.53. The Labute approximate surface area is 105 Å². The zero-order valence-electron chi connectivity index (χ0n) is 9.05. The first-order chi connectivity index (χ1) is 7.72. The SMILES string of the molecule is Cc1ccc(C(O)(CCO)C(F)(F)F)cc1Br. The van der Waals surface area contributed by atoms with Crippen LogP contribution in [-0.4, -0.2) is 23.0 Å². The van der Waals surface area contributed by atoms with E-state index in [-0.39, 0.29) is 5.56 Å². The number of hydrogen-bond donors (Lipinski definition) is 2. The Morgan fingerprint density at radius 3 is 2.29 bits per heavy atom. The molecule has 0 spiro atoms. The van der Waals surface area contributed by atoms with E-state index in [2.05, 4.69) is 15.9 Å². The van der Waals surface area contributed by atoms with Crippen LogP contribution >= 0.6 is 15.9 Å². The Bertz CT molecular complexity index is 406. The van der Waals surface area contributed by atoms with Gasteiger partial charge in [-0.2, -0.15) is 13.2 Å². The molecule has 0 saturated carbocycles. The zero-order valence-corrected chi connectivity index (χ0v) is 10.6. The molecule has 0 aromatic heterocycles. The van der Waals surface area contributed by atoms with Gasteiger partial charge in [0.25, 0.3) is 0 Å². The summed E-state index contributed by atoms with van der Waals surface area (Å²) in [6.07, 6.45) is -5.61. The van der Waals surface area contributed by atoms with E-state index in [1.54, 1.807) is 6.92 Å². The van der Waals surface area contributed by atoms with E-state index in [1.165, 1.54) is 18.2 Å². The van der Waals surface area contributed by atoms with E-state index in [9.17, 15) is 18.3 Å². The Hall–Kier alpha value is -0.590. The average molecular weight is 313 g/mol. The summed E-state index contributed by atoms with van der Waals surface area (Å²) in [7, 11) is 0. The van der Waals surface area contributed by atoms with Crippen LogP contribution in [0.2, 0.25) is 0 Å². The molecular weight excluding hydrogens is 301 g/mol. The van der Waals surface area contributed by atoms with Crippen LogP contribution in [0.1, 0.15) is 17.5 Å². The van der Waals surface area contributed by atoms with Gasteiger partial charge < -0.3 is 10.2 Å². The average Bonchev–Trinajstić information content (AvgIpc) is 2.20. The summed E-state index contributed by atoms with van der Waals surface area (Å²) in [4.78, 5) is 0. The van der Waals surface area contributed by atoms with Gasteiger partial charge in [0.2, 0.25) is 0 Å². The second kappa shape index (κ2) is 4.96. The summed E-state index contributed by atoms with van der Waals surface area (Å²) in [6, 6.07) is 3.91. The van der Waals surface area contributed by atoms with Gasteiger partial charge in [0.15, 0.2) is 5.60 Å². The third-order valence-corrected chi connectivity index (χ3v) is 3.45. The Balaban J connectivity index is 3.28. The van der Waals surface area contributed by atoms with Crippen molar-refractivity contribution in [3.05, 3.63) is 33.8 Å². The second-order valence-corrected chi connectivity index (χ2v) is 4.65. The maximum atomic E-state index is 12.8. The molecule has 0 radical (unpaired) electrons. The van der Waals surface area contributed by atoms with E-state index in [4.69, 9.17) is 5.11 Å². The third kappa shape index (κ3) is 2.81. The minimum Gasteiger partial charge on any atom is -0.396 e. The summed E-state index contributed by atoms with van der Waals surface area (Å²) in [5, 5.41) is 18.4. The number of rotatable bonds is 3. The lowest BCUT2D eigenvalue weighted by molar-refractivity contribution is -0.271. The number of aliphatic hydroxyl groups excluding tert-OH is 1. The van der Waals surface area contributed by atoms with Crippen LogP contribution in [0.4, 0.5) is 13.2 Å². The molecule has 17 heavy (non-hydrogen) atoms. The molecule has 1 aromatic carbocycles. The van der Waals surface area contributed by atoms with Gasteiger partial charge in [-0.25, -0.2) is 0 Å². The predicted octanol–water partition coefficient (Wildman–Crippen LogP) is 2.89. The normalized spacial score (nSPS) is 15.7. The first-order valence-electron chi connectivity index (χ1n) is 4.89. The van der Waals surface area contributed by atoms with E-state index in [0.29, 0.717) is 4.47 Å². The fraction of sp³-hybridized carbons (Fsp3) is 0.455. The number of aryl methyl sites for hydroxylation is 1. The molecule has 1 atom stereocenters. The standard InChI is InChI=1S/C11H12BrF3O2/c1-7-2-3-8(6-9(7)12)10(17,4-5-16)11(13,14)15/h2-3,6,16-17H,4-5H2,1H3. The van der Waals surface area contributed by atoms with Crippen molar-refractivity contribution in [1.29, 1.82) is 0 Å². The topological polar surface area (TPSA) is 40.5 Å². The van der Waals surface area contributed by atoms with Gasteiger partial charge in [0, 0.05) is 17.5 Å². The molecule has 0 fully saturated rings. The minimum atomic E-state index is -4.83. The van der Waals surface area contributed by atoms with Crippen LogP contribution in [0, 0.1) is 6.92 Å². The molecule has 0 saturated heterocycles. The largest absolute Gasteiger partial charge is 0.421 e. The summed E-state index contributed by atoms with van der Waals surface area (Å²) in [6.45, 7) is 0.980. The Morgan fingerprint density at radius 1 is 1.29 bits per heavy atom. The number of alkyl halides is 3. The molecule has 0 aliphatic carbocycles. The minimum absolute atomic E-state index is 0.281. The molecule has 2 N–H and O–H groups in total. The first-order valence-corrected chi connectivity index (χ1v) is 5.68. The third-order valence-electron chi connectivity index (χ3n) is 2.59. The van der Waals surface area contributed by atoms with Crippen LogP contribution in [0.3, 0.4) is 0 Å². The van der Waals surface area contributed by atoms with Gasteiger partial charge in [0.05, 0.1) is 0 Å². The maximum absolute atomic E-state index is 12.8. The highest BCUT2D eigenvalue weighted by atomic mass is 79.9. The molecule has 1 aromatic rings. The predicted molar refractivity (Wildman–Crippen MR) is 60.5 cm³/mol. The molecule has 96 valence electrons. The van der Waals surface area contributed by atoms with E-state index < -0.39 is 24.8 Å². The first kappa shape index (κ1) is 14.5. The van der Waals surface area contributed by atoms with E-state index in [0.717, 1.165) is 5.56 Å². The van der Waals surface area contributed by atoms with Crippen molar-refractivity contribution in [3.8, 4) is 0 Å². The fourth-order valence-electron chi connectivity index (χ4n) is 1.46. The lowest BCUT2D eigenvalue weighted by Crippen LogP contribution is -2.43. The van der Waals surface area contributed by atoms with Gasteiger partial charge in [-0.15, -0.1) is 0 Å². The molecule has 1 rings (SSSR count). The number of benzene rings is 1. The van der Waals surface area contributed by atoms with Crippen LogP contribution in [-0.2, 0) is 5.60 Å². The van der Waals surface area contributed by atoms with Crippen LogP contribution < -0.4 is 0 Å². The van der Waals surface area contributed by atoms with Crippen LogP contribution in [0.15, 0.2) is 22.7 Å². The van der Waals surface area contributed by atoms with E-state index >= 15 is 0 Å². The molecule has 6 heteroatoms. The molecule has 0 amide bonds. The quantitative estimate of drug-likeness (QED) is 0.901. The van der Waals surface area contributed by atoms with Crippen molar-refractivity contribution in [2.24, 2.45) is 0 Å². The van der Waals surface area contributed by atoms with Gasteiger partial charge in [0.1, 0.15) is 0 Å². The van der Waals surface area contributed by atoms with Crippen molar-refractivity contribution < 1.29 is 23.4 Å². The van der Waals surface area contributed by atoms with Crippen molar-refractivity contribution in [3.63, 3.8) is 0 Å². The lowest BCUT2D eigenvalue weighted by atomic mass is 9.89. The van der Waals surface area contributed by atoms with Crippen LogP contribution in [0.5, 0.6) is 0 Å². The van der Waals surface area contributed by atoms with Gasteiger partial charge in [-0.3, -0.25) is 0 Å². The van der Waals surface area contributed by atoms with Crippen molar-refractivity contribution in [2.75, 3.05) is 6.61 Å². The smallest absolute Gasteiger partial charge is 0.396 e. The summed E-state index contributed by atoms with van der Waals surface area (Å²) in [5.74, 6) is 0. The number of halogens is 4. The summed E-state index contributed by atoms with van der Waals surface area (Å²) >= 11 is 3.12. The van der Waals surface area contributed by atoms with Crippen molar-refractivity contribution >= 4 is 15.9 Å². The molecule has 0 bridgehead atoms. The Morgan fingerprint density at radius 2 is 1.88 bits per heavy atom. The van der Waals surface area contributed by atoms with E-state index in [1.807, 2.05) is 0 Å². The second-order valence-electron chi connectivity index (χ2n) is 3.80. The number of aliphatic hydroxyl groups is 2. The van der Waals surface area contributed by atoms with Gasteiger partial charge in [-0.1, -0.05) is 28.1 Å². The highest BCUT2D eigenvalue weighted by Gasteiger charge is 2.54. The molecule has 0 heterocycles. The fourth-order valence-corrected chi connectivity index (χ4v) is 1.84. The highest BCUT2D eigenvalue weighted by molar-refractivity contribution is 9.10. The Kier molecular flexibility index (Phi) is 4.22. The molecule has 0 aliphatic heterocycles. The van der Waals surface area contributed by atoms with Gasteiger partial charge >= 0.3 is 6.18 Å². The number of hydrogen-bond acceptors (Lipinski definition) is 2. The molecular formula is C11H12BrF3O2. The molecule has 2 nitrogen and oxygen atoms in total. The van der Waals surface area contributed by atoms with Gasteiger partial charge in [-0.05, 0) is 24.1 Å². The van der Waals surface area contributed by atoms with Crippen molar-refractivity contribution in [1.82, 2.24) is 0 Å². The summed E-state index contributed by atoms with van der Waals surface area (Å²) < 4.78 is 39.0.